The van der Waals surface area contributed by atoms with E-state index < -0.39 is 0 Å². The van der Waals surface area contributed by atoms with Crippen molar-refractivity contribution in [1.29, 1.82) is 0 Å². The lowest BCUT2D eigenvalue weighted by molar-refractivity contribution is 0.155. The molecule has 0 unspecified atom stereocenters. The van der Waals surface area contributed by atoms with E-state index in [1.807, 2.05) is 30.3 Å². The van der Waals surface area contributed by atoms with Crippen LogP contribution in [0.4, 0.5) is 10.6 Å². The fourth-order valence-electron chi connectivity index (χ4n) is 5.32. The lowest BCUT2D eigenvalue weighted by Gasteiger charge is -2.32. The average molecular weight is 585 g/mol. The van der Waals surface area contributed by atoms with Crippen molar-refractivity contribution in [3.8, 4) is 22.9 Å². The highest BCUT2D eigenvalue weighted by molar-refractivity contribution is 6.35. The van der Waals surface area contributed by atoms with Crippen LogP contribution in [0.25, 0.3) is 11.3 Å². The minimum absolute atomic E-state index is 0.378. The number of anilines is 1. The molecule has 5 rings (SSSR count). The molecule has 0 radical (unpaired) electrons. The molecule has 4 heterocycles. The van der Waals surface area contributed by atoms with E-state index in [0.717, 1.165) is 68.2 Å². The number of aromatic nitrogens is 2. The number of amides is 1. The monoisotopic (exact) mass is 583 g/mol. The average Bonchev–Trinajstić information content (AvgIpc) is 2.97. The van der Waals surface area contributed by atoms with Gasteiger partial charge in [0.1, 0.15) is 11.6 Å². The Morgan fingerprint density at radius 1 is 1.00 bits per heavy atom. The van der Waals surface area contributed by atoms with Crippen LogP contribution in [0, 0.1) is 5.92 Å². The van der Waals surface area contributed by atoms with Crippen LogP contribution in [-0.4, -0.2) is 60.8 Å². The van der Waals surface area contributed by atoms with E-state index in [4.69, 9.17) is 37.7 Å². The van der Waals surface area contributed by atoms with Crippen molar-refractivity contribution in [3.05, 3.63) is 64.3 Å². The number of carbonyl (C=O) groups excluding carboxylic acids is 1. The van der Waals surface area contributed by atoms with Crippen LogP contribution < -0.4 is 15.0 Å². The maximum Gasteiger partial charge on any atom is 0.406 e. The van der Waals surface area contributed by atoms with Gasteiger partial charge in [0.15, 0.2) is 0 Å². The topological polar surface area (TPSA) is 79.8 Å². The number of alkyl carbamates (subject to hydrolysis) is 1. The Labute approximate surface area is 245 Å². The molecule has 0 spiro atoms. The standard InChI is InChI=1S/C30H35Cl2N5O3/c1-39-30(38)34-18-21-7-11-36(12-8-21)20-22-13-27(23-15-24(31)17-25(32)16-23)35-29(14-22)40-26-5-6-28(33-19-26)37-9-3-2-4-10-37/h5-6,13-17,19,21H,2-4,7-12,18,20H2,1H3,(H,34,38). The van der Waals surface area contributed by atoms with E-state index in [2.05, 4.69) is 26.2 Å². The zero-order valence-corrected chi connectivity index (χ0v) is 24.3. The number of nitrogens with zero attached hydrogens (tertiary/aromatic N) is 4. The van der Waals surface area contributed by atoms with Crippen molar-refractivity contribution in [2.24, 2.45) is 5.92 Å². The molecule has 2 fully saturated rings. The molecule has 0 bridgehead atoms. The molecule has 0 aliphatic carbocycles. The Morgan fingerprint density at radius 2 is 1.75 bits per heavy atom. The third-order valence-corrected chi connectivity index (χ3v) is 7.91. The first-order valence-electron chi connectivity index (χ1n) is 13.9. The van der Waals surface area contributed by atoms with Gasteiger partial charge in [0, 0.05) is 47.9 Å². The molecule has 2 saturated heterocycles. The number of ether oxygens (including phenoxy) is 2. The molecule has 1 aromatic carbocycles. The van der Waals surface area contributed by atoms with Gasteiger partial charge in [-0.1, -0.05) is 23.2 Å². The molecule has 8 nitrogen and oxygen atoms in total. The predicted octanol–water partition coefficient (Wildman–Crippen LogP) is 6.80. The van der Waals surface area contributed by atoms with E-state index >= 15 is 0 Å². The number of methoxy groups -OCH3 is 1. The van der Waals surface area contributed by atoms with Crippen LogP contribution in [0.5, 0.6) is 11.6 Å². The first-order valence-corrected chi connectivity index (χ1v) is 14.6. The van der Waals surface area contributed by atoms with Crippen LogP contribution in [0.2, 0.25) is 10.0 Å². The first kappa shape index (κ1) is 28.5. The molecular weight excluding hydrogens is 549 g/mol. The van der Waals surface area contributed by atoms with Gasteiger partial charge in [-0.25, -0.2) is 14.8 Å². The Morgan fingerprint density at radius 3 is 2.42 bits per heavy atom. The number of nitrogens with one attached hydrogen (secondary N) is 1. The van der Waals surface area contributed by atoms with Crippen LogP contribution >= 0.6 is 23.2 Å². The lowest BCUT2D eigenvalue weighted by Crippen LogP contribution is -2.38. The minimum atomic E-state index is -0.378. The summed E-state index contributed by atoms with van der Waals surface area (Å²) < 4.78 is 10.9. The zero-order valence-electron chi connectivity index (χ0n) is 22.7. The van der Waals surface area contributed by atoms with Gasteiger partial charge >= 0.3 is 6.09 Å². The molecule has 2 aromatic heterocycles. The molecule has 10 heteroatoms. The van der Waals surface area contributed by atoms with Crippen LogP contribution in [0.1, 0.15) is 37.7 Å². The molecular formula is C30H35Cl2N5O3. The van der Waals surface area contributed by atoms with Crippen LogP contribution in [0.15, 0.2) is 48.7 Å². The van der Waals surface area contributed by atoms with E-state index in [0.29, 0.717) is 34.1 Å². The van der Waals surface area contributed by atoms with E-state index in [1.165, 1.54) is 26.4 Å². The smallest absolute Gasteiger partial charge is 0.406 e. The summed E-state index contributed by atoms with van der Waals surface area (Å²) in [6.45, 7) is 5.35. The summed E-state index contributed by atoms with van der Waals surface area (Å²) in [7, 11) is 1.39. The minimum Gasteiger partial charge on any atom is -0.453 e. The van der Waals surface area contributed by atoms with Crippen molar-refractivity contribution in [2.45, 2.75) is 38.6 Å². The van der Waals surface area contributed by atoms with Crippen LogP contribution in [-0.2, 0) is 11.3 Å². The number of carbonyl (C=O) groups is 1. The van der Waals surface area contributed by atoms with Crippen molar-refractivity contribution >= 4 is 35.1 Å². The first-order chi connectivity index (χ1) is 19.4. The molecule has 1 amide bonds. The molecule has 2 aliphatic heterocycles. The highest BCUT2D eigenvalue weighted by atomic mass is 35.5. The third kappa shape index (κ3) is 7.77. The number of hydrogen-bond acceptors (Lipinski definition) is 7. The van der Waals surface area contributed by atoms with Gasteiger partial charge in [0.05, 0.1) is 19.0 Å². The number of likely N-dealkylation sites (tertiary alicyclic amines) is 1. The summed E-state index contributed by atoms with van der Waals surface area (Å²) in [5, 5.41) is 3.93. The Balaban J connectivity index is 1.31. The fourth-order valence-corrected chi connectivity index (χ4v) is 5.85. The van der Waals surface area contributed by atoms with E-state index in [1.54, 1.807) is 12.3 Å². The fraction of sp³-hybridized carbons (Fsp3) is 0.433. The van der Waals surface area contributed by atoms with Gasteiger partial charge in [0.25, 0.3) is 0 Å². The molecule has 0 saturated carbocycles. The lowest BCUT2D eigenvalue weighted by atomic mass is 9.96. The molecule has 0 atom stereocenters. The maximum absolute atomic E-state index is 11.4. The predicted molar refractivity (Wildman–Crippen MR) is 158 cm³/mol. The Kier molecular flexibility index (Phi) is 9.62. The van der Waals surface area contributed by atoms with Gasteiger partial charge in [0.2, 0.25) is 5.88 Å². The van der Waals surface area contributed by atoms with Crippen LogP contribution in [0.3, 0.4) is 0 Å². The Hall–Kier alpha value is -3.07. The SMILES string of the molecule is COC(=O)NCC1CCN(Cc2cc(Oc3ccc(N4CCCCC4)nc3)nc(-c3cc(Cl)cc(Cl)c3)c2)CC1. The van der Waals surface area contributed by atoms with Gasteiger partial charge < -0.3 is 19.7 Å². The second kappa shape index (κ2) is 13.5. The van der Waals surface area contributed by atoms with Crippen molar-refractivity contribution in [2.75, 3.05) is 44.7 Å². The summed E-state index contributed by atoms with van der Waals surface area (Å²) in [4.78, 5) is 25.6. The normalized spacial score (nSPS) is 16.5. The molecule has 212 valence electrons. The molecule has 1 N–H and O–H groups in total. The number of benzene rings is 1. The summed E-state index contributed by atoms with van der Waals surface area (Å²) in [6.07, 6.45) is 7.08. The van der Waals surface area contributed by atoms with Crippen molar-refractivity contribution in [1.82, 2.24) is 20.2 Å². The van der Waals surface area contributed by atoms with Gasteiger partial charge in [-0.15, -0.1) is 0 Å². The molecule has 2 aliphatic rings. The summed E-state index contributed by atoms with van der Waals surface area (Å²) >= 11 is 12.6. The number of rotatable bonds is 8. The number of pyridine rings is 2. The number of piperidine rings is 2. The summed E-state index contributed by atoms with van der Waals surface area (Å²) in [5.74, 6) is 2.55. The number of hydrogen-bond donors (Lipinski definition) is 1. The van der Waals surface area contributed by atoms with Gasteiger partial charge in [-0.05, 0) is 93.1 Å². The van der Waals surface area contributed by atoms with Gasteiger partial charge in [-0.2, -0.15) is 0 Å². The summed E-state index contributed by atoms with van der Waals surface area (Å²) in [5.41, 5.74) is 2.66. The van der Waals surface area contributed by atoms with E-state index in [9.17, 15) is 4.79 Å². The highest BCUT2D eigenvalue weighted by Gasteiger charge is 2.21. The second-order valence-electron chi connectivity index (χ2n) is 10.5. The zero-order chi connectivity index (χ0) is 27.9. The largest absolute Gasteiger partial charge is 0.453 e. The summed E-state index contributed by atoms with van der Waals surface area (Å²) in [6, 6.07) is 13.4. The Bertz CT molecular complexity index is 1270. The molecule has 3 aromatic rings. The quantitative estimate of drug-likeness (QED) is 0.312. The number of halogens is 2. The second-order valence-corrected chi connectivity index (χ2v) is 11.3. The molecule has 40 heavy (non-hydrogen) atoms. The van der Waals surface area contributed by atoms with Crippen molar-refractivity contribution < 1.29 is 14.3 Å². The van der Waals surface area contributed by atoms with Crippen molar-refractivity contribution in [3.63, 3.8) is 0 Å². The van der Waals surface area contributed by atoms with Gasteiger partial charge in [-0.3, -0.25) is 4.90 Å². The van der Waals surface area contributed by atoms with E-state index in [-0.39, 0.29) is 6.09 Å². The maximum atomic E-state index is 11.4. The highest BCUT2D eigenvalue weighted by Crippen LogP contribution is 2.31. The third-order valence-electron chi connectivity index (χ3n) is 7.48.